The number of benzene rings is 2. The number of hydrogen-bond donors (Lipinski definition) is 1. The van der Waals surface area contributed by atoms with Gasteiger partial charge in [0.05, 0.1) is 33.9 Å². The van der Waals surface area contributed by atoms with E-state index in [0.717, 1.165) is 55.7 Å². The van der Waals surface area contributed by atoms with E-state index in [1.54, 1.807) is 12.1 Å². The van der Waals surface area contributed by atoms with Crippen LogP contribution in [-0.4, -0.2) is 54.5 Å². The molecule has 1 atom stereocenters. The minimum Gasteiger partial charge on any atom is -0.369 e. The molecular weight excluding hydrogens is 467 g/mol. The summed E-state index contributed by atoms with van der Waals surface area (Å²) in [7, 11) is 0. The minimum atomic E-state index is 0.0477. The maximum atomic E-state index is 12.8. The van der Waals surface area contributed by atoms with Crippen LogP contribution in [0.25, 0.3) is 11.3 Å². The van der Waals surface area contributed by atoms with E-state index in [1.165, 1.54) is 5.57 Å². The van der Waals surface area contributed by atoms with E-state index in [-0.39, 0.29) is 12.5 Å². The van der Waals surface area contributed by atoms with Gasteiger partial charge in [-0.15, -0.1) is 5.73 Å². The second-order valence-electron chi connectivity index (χ2n) is 8.45. The van der Waals surface area contributed by atoms with Crippen molar-refractivity contribution in [3.8, 4) is 6.07 Å². The Bertz CT molecular complexity index is 1210. The molecule has 2 aliphatic heterocycles. The maximum Gasteiger partial charge on any atom is 0.241 e. The van der Waals surface area contributed by atoms with Crippen molar-refractivity contribution in [2.75, 3.05) is 32.7 Å². The third-order valence-corrected chi connectivity index (χ3v) is 7.21. The summed E-state index contributed by atoms with van der Waals surface area (Å²) in [6, 6.07) is 15.7. The Balaban J connectivity index is 1.31. The van der Waals surface area contributed by atoms with Gasteiger partial charge in [0.1, 0.15) is 0 Å². The van der Waals surface area contributed by atoms with Gasteiger partial charge in [0.15, 0.2) is 0 Å². The molecule has 4 rings (SSSR count). The largest absolute Gasteiger partial charge is 0.369 e. The predicted octanol–water partition coefficient (Wildman–Crippen LogP) is 4.97. The average Bonchev–Trinajstić information content (AvgIpc) is 3.37. The van der Waals surface area contributed by atoms with Crippen molar-refractivity contribution in [1.29, 1.82) is 5.26 Å². The number of rotatable bonds is 6. The van der Waals surface area contributed by atoms with Gasteiger partial charge in [-0.05, 0) is 42.2 Å². The van der Waals surface area contributed by atoms with Crippen molar-refractivity contribution < 1.29 is 4.79 Å². The van der Waals surface area contributed by atoms with Gasteiger partial charge >= 0.3 is 0 Å². The van der Waals surface area contributed by atoms with Gasteiger partial charge in [0.2, 0.25) is 5.91 Å². The van der Waals surface area contributed by atoms with Crippen molar-refractivity contribution in [1.82, 2.24) is 15.1 Å². The Morgan fingerprint density at radius 1 is 1.18 bits per heavy atom. The first-order valence-electron chi connectivity index (χ1n) is 11.3. The van der Waals surface area contributed by atoms with Crippen LogP contribution in [0.4, 0.5) is 0 Å². The number of halogens is 2. The van der Waals surface area contributed by atoms with Crippen molar-refractivity contribution in [3.05, 3.63) is 87.6 Å². The third kappa shape index (κ3) is 5.38. The molecule has 0 aromatic heterocycles. The van der Waals surface area contributed by atoms with E-state index in [0.29, 0.717) is 21.8 Å². The Labute approximate surface area is 210 Å². The van der Waals surface area contributed by atoms with Gasteiger partial charge in [0, 0.05) is 37.8 Å². The lowest BCUT2D eigenvalue weighted by Gasteiger charge is -2.32. The first-order valence-corrected chi connectivity index (χ1v) is 12.1. The summed E-state index contributed by atoms with van der Waals surface area (Å²) >= 11 is 12.1. The minimum absolute atomic E-state index is 0.0477. The normalized spacial score (nSPS) is 18.1. The fourth-order valence-corrected chi connectivity index (χ4v) is 4.88. The number of carbonyl (C=O) groups is 1. The molecule has 0 bridgehead atoms. The summed E-state index contributed by atoms with van der Waals surface area (Å²) < 4.78 is 0. The van der Waals surface area contributed by atoms with E-state index in [4.69, 9.17) is 23.2 Å². The Kier molecular flexibility index (Phi) is 7.77. The summed E-state index contributed by atoms with van der Waals surface area (Å²) in [5, 5.41) is 13.4. The molecule has 7 heteroatoms. The standard InChI is InChI=1S/C27H26Cl2N4O/c1-2-26(20-7-8-24(28)25(29)15-20)31-17-27(34)33-14-11-22(18-33)32-12-9-19(10-13-32)23-6-4-3-5-21(23)16-30/h3-9,15,22,31H,1,10-14,17-18H2. The molecule has 2 aromatic rings. The van der Waals surface area contributed by atoms with Crippen LogP contribution in [0.2, 0.25) is 10.0 Å². The number of nitriles is 1. The number of carbonyl (C=O) groups excluding carboxylic acids is 1. The number of nitrogens with one attached hydrogen (secondary N) is 1. The van der Waals surface area contributed by atoms with Gasteiger partial charge in [-0.1, -0.05) is 60.1 Å². The van der Waals surface area contributed by atoms with Crippen LogP contribution >= 0.6 is 23.2 Å². The van der Waals surface area contributed by atoms with Crippen molar-refractivity contribution >= 4 is 40.4 Å². The van der Waals surface area contributed by atoms with Gasteiger partial charge in [-0.3, -0.25) is 9.69 Å². The molecule has 1 N–H and O–H groups in total. The van der Waals surface area contributed by atoms with E-state index in [2.05, 4.69) is 34.7 Å². The maximum absolute atomic E-state index is 12.8. The highest BCUT2D eigenvalue weighted by Crippen LogP contribution is 2.28. The molecule has 1 fully saturated rings. The van der Waals surface area contributed by atoms with Crippen LogP contribution in [0.3, 0.4) is 0 Å². The topological polar surface area (TPSA) is 59.4 Å². The molecule has 5 nitrogen and oxygen atoms in total. The molecule has 2 heterocycles. The molecule has 34 heavy (non-hydrogen) atoms. The van der Waals surface area contributed by atoms with Gasteiger partial charge < -0.3 is 10.2 Å². The zero-order chi connectivity index (χ0) is 24.1. The fraction of sp³-hybridized carbons (Fsp3) is 0.296. The Hall–Kier alpha value is -3.00. The van der Waals surface area contributed by atoms with Crippen LogP contribution in [0, 0.1) is 11.3 Å². The first kappa shape index (κ1) is 24.1. The van der Waals surface area contributed by atoms with Crippen molar-refractivity contribution in [2.45, 2.75) is 18.9 Å². The monoisotopic (exact) mass is 492 g/mol. The quantitative estimate of drug-likeness (QED) is 0.578. The molecule has 1 unspecified atom stereocenters. The average molecular weight is 493 g/mol. The molecule has 0 aliphatic carbocycles. The van der Waals surface area contributed by atoms with E-state index in [1.807, 2.05) is 35.2 Å². The van der Waals surface area contributed by atoms with Crippen LogP contribution in [0.5, 0.6) is 0 Å². The van der Waals surface area contributed by atoms with Gasteiger partial charge in [-0.2, -0.15) is 5.26 Å². The van der Waals surface area contributed by atoms with Crippen LogP contribution in [-0.2, 0) is 4.79 Å². The number of likely N-dealkylation sites (tertiary alicyclic amines) is 1. The van der Waals surface area contributed by atoms with Gasteiger partial charge in [-0.25, -0.2) is 0 Å². The zero-order valence-corrected chi connectivity index (χ0v) is 20.4. The van der Waals surface area contributed by atoms with Crippen LogP contribution in [0.1, 0.15) is 29.5 Å². The zero-order valence-electron chi connectivity index (χ0n) is 18.9. The Morgan fingerprint density at radius 3 is 2.71 bits per heavy atom. The predicted molar refractivity (Wildman–Crippen MR) is 137 cm³/mol. The lowest BCUT2D eigenvalue weighted by atomic mass is 9.95. The molecule has 1 amide bonds. The molecular formula is C27H26Cl2N4O. The SMILES string of the molecule is C=C=C(NCC(=O)N1CCC(N2CC=C(c3ccccc3C#N)CC2)C1)c1ccc(Cl)c(Cl)c1. The lowest BCUT2D eigenvalue weighted by molar-refractivity contribution is -0.129. The first-order chi connectivity index (χ1) is 16.5. The highest BCUT2D eigenvalue weighted by molar-refractivity contribution is 6.42. The highest BCUT2D eigenvalue weighted by Gasteiger charge is 2.31. The van der Waals surface area contributed by atoms with Gasteiger partial charge in [0.25, 0.3) is 0 Å². The van der Waals surface area contributed by atoms with Crippen molar-refractivity contribution in [3.63, 3.8) is 0 Å². The van der Waals surface area contributed by atoms with E-state index in [9.17, 15) is 10.1 Å². The second kappa shape index (κ2) is 11.0. The molecule has 2 aromatic carbocycles. The van der Waals surface area contributed by atoms with Crippen LogP contribution in [0.15, 0.2) is 60.9 Å². The van der Waals surface area contributed by atoms with E-state index < -0.39 is 0 Å². The summed E-state index contributed by atoms with van der Waals surface area (Å²) in [6.07, 6.45) is 4.09. The molecule has 0 spiro atoms. The molecule has 0 saturated carbocycles. The number of nitrogens with zero attached hydrogens (tertiary/aromatic N) is 3. The van der Waals surface area contributed by atoms with Crippen LogP contribution < -0.4 is 5.32 Å². The Morgan fingerprint density at radius 2 is 2.00 bits per heavy atom. The smallest absolute Gasteiger partial charge is 0.241 e. The number of hydrogen-bond acceptors (Lipinski definition) is 4. The molecule has 0 radical (unpaired) electrons. The summed E-state index contributed by atoms with van der Waals surface area (Å²) in [4.78, 5) is 17.2. The fourth-order valence-electron chi connectivity index (χ4n) is 4.58. The third-order valence-electron chi connectivity index (χ3n) is 6.47. The number of amides is 1. The molecule has 1 saturated heterocycles. The summed E-state index contributed by atoms with van der Waals surface area (Å²) in [6.45, 7) is 7.12. The van der Waals surface area contributed by atoms with E-state index >= 15 is 0 Å². The highest BCUT2D eigenvalue weighted by atomic mass is 35.5. The van der Waals surface area contributed by atoms with Crippen molar-refractivity contribution in [2.24, 2.45) is 0 Å². The molecule has 2 aliphatic rings. The molecule has 174 valence electrons. The second-order valence-corrected chi connectivity index (χ2v) is 9.26. The summed E-state index contributed by atoms with van der Waals surface area (Å²) in [5.74, 6) is 0.0477. The summed E-state index contributed by atoms with van der Waals surface area (Å²) in [5.41, 5.74) is 7.24. The lowest BCUT2D eigenvalue weighted by Crippen LogP contribution is -2.42.